The van der Waals surface area contributed by atoms with Crippen LogP contribution in [0, 0.1) is 6.92 Å². The Labute approximate surface area is 84.2 Å². The summed E-state index contributed by atoms with van der Waals surface area (Å²) >= 11 is 0. The third-order valence-corrected chi connectivity index (χ3v) is 1.56. The van der Waals surface area contributed by atoms with Crippen molar-refractivity contribution >= 4 is 17.0 Å². The van der Waals surface area contributed by atoms with Gasteiger partial charge >= 0.3 is 0 Å². The van der Waals surface area contributed by atoms with Gasteiger partial charge in [0.25, 0.3) is 0 Å². The van der Waals surface area contributed by atoms with Crippen LogP contribution in [-0.2, 0) is 6.54 Å². The van der Waals surface area contributed by atoms with Gasteiger partial charge in [-0.05, 0) is 19.4 Å². The SMILES string of the molecule is Br.Cc1cc[n+](CC(C)N)cc1. The summed E-state index contributed by atoms with van der Waals surface area (Å²) in [5.41, 5.74) is 6.92. The Bertz CT molecular complexity index is 218. The quantitative estimate of drug-likeness (QED) is 0.763. The highest BCUT2D eigenvalue weighted by Crippen LogP contribution is 1.89. The summed E-state index contributed by atoms with van der Waals surface area (Å²) in [6.45, 7) is 4.98. The maximum Gasteiger partial charge on any atom is 0.169 e. The van der Waals surface area contributed by atoms with E-state index in [9.17, 15) is 0 Å². The molecule has 1 heterocycles. The standard InChI is InChI=1S/C9H15N2.BrH/c1-8-3-5-11(6-4-8)7-9(2)10;/h3-6,9H,7,10H2,1-2H3;1H/q+1;. The molecule has 68 valence electrons. The Morgan fingerprint density at radius 2 is 1.92 bits per heavy atom. The average Bonchev–Trinajstić information content (AvgIpc) is 1.93. The van der Waals surface area contributed by atoms with E-state index in [1.165, 1.54) is 5.56 Å². The highest BCUT2D eigenvalue weighted by molar-refractivity contribution is 8.93. The normalized spacial score (nSPS) is 11.9. The summed E-state index contributed by atoms with van der Waals surface area (Å²) in [7, 11) is 0. The molecule has 0 aromatic carbocycles. The number of aryl methyl sites for hydroxylation is 1. The van der Waals surface area contributed by atoms with Crippen molar-refractivity contribution < 1.29 is 4.57 Å². The Kier molecular flexibility index (Phi) is 5.09. The van der Waals surface area contributed by atoms with E-state index < -0.39 is 0 Å². The topological polar surface area (TPSA) is 29.9 Å². The number of aromatic nitrogens is 1. The largest absolute Gasteiger partial charge is 0.323 e. The zero-order chi connectivity index (χ0) is 8.27. The molecule has 0 saturated heterocycles. The second kappa shape index (κ2) is 5.27. The van der Waals surface area contributed by atoms with Crippen LogP contribution < -0.4 is 10.3 Å². The fourth-order valence-corrected chi connectivity index (χ4v) is 0.986. The summed E-state index contributed by atoms with van der Waals surface area (Å²) in [5.74, 6) is 0. The maximum absolute atomic E-state index is 5.64. The molecule has 0 radical (unpaired) electrons. The molecule has 0 aliphatic carbocycles. The third-order valence-electron chi connectivity index (χ3n) is 1.56. The molecule has 1 aromatic rings. The minimum atomic E-state index is 0. The molecule has 12 heavy (non-hydrogen) atoms. The lowest BCUT2D eigenvalue weighted by atomic mass is 10.3. The van der Waals surface area contributed by atoms with Crippen LogP contribution in [0.25, 0.3) is 0 Å². The molecule has 1 rings (SSSR count). The molecule has 0 aliphatic heterocycles. The first-order valence-electron chi connectivity index (χ1n) is 3.90. The van der Waals surface area contributed by atoms with Gasteiger partial charge in [0.1, 0.15) is 0 Å². The van der Waals surface area contributed by atoms with Crippen LogP contribution in [0.5, 0.6) is 0 Å². The van der Waals surface area contributed by atoms with E-state index in [-0.39, 0.29) is 23.0 Å². The molecule has 0 bridgehead atoms. The van der Waals surface area contributed by atoms with Crippen LogP contribution in [0.15, 0.2) is 24.5 Å². The van der Waals surface area contributed by atoms with Crippen molar-refractivity contribution in [2.75, 3.05) is 0 Å². The van der Waals surface area contributed by atoms with E-state index in [0.717, 1.165) is 6.54 Å². The number of rotatable bonds is 2. The van der Waals surface area contributed by atoms with Gasteiger partial charge in [0.2, 0.25) is 0 Å². The summed E-state index contributed by atoms with van der Waals surface area (Å²) < 4.78 is 2.09. The second-order valence-electron chi connectivity index (χ2n) is 3.05. The molecule has 3 heteroatoms. The predicted octanol–water partition coefficient (Wildman–Crippen LogP) is 1.21. The van der Waals surface area contributed by atoms with Crippen LogP contribution in [0.4, 0.5) is 0 Å². The molecule has 0 aliphatic rings. The highest BCUT2D eigenvalue weighted by atomic mass is 79.9. The molecular formula is C9H16BrN2+. The Hall–Kier alpha value is -0.410. The zero-order valence-corrected chi connectivity index (χ0v) is 9.24. The van der Waals surface area contributed by atoms with Crippen LogP contribution in [-0.4, -0.2) is 6.04 Å². The van der Waals surface area contributed by atoms with Gasteiger partial charge in [-0.3, -0.25) is 0 Å². The summed E-state index contributed by atoms with van der Waals surface area (Å²) in [4.78, 5) is 0. The lowest BCUT2D eigenvalue weighted by Crippen LogP contribution is -2.41. The minimum Gasteiger partial charge on any atom is -0.323 e. The fraction of sp³-hybridized carbons (Fsp3) is 0.444. The summed E-state index contributed by atoms with van der Waals surface area (Å²) in [6, 6.07) is 4.40. The van der Waals surface area contributed by atoms with Crippen molar-refractivity contribution in [3.05, 3.63) is 30.1 Å². The predicted molar refractivity (Wildman–Crippen MR) is 55.3 cm³/mol. The van der Waals surface area contributed by atoms with Crippen LogP contribution in [0.1, 0.15) is 12.5 Å². The van der Waals surface area contributed by atoms with E-state index in [1.54, 1.807) is 0 Å². The van der Waals surface area contributed by atoms with Crippen LogP contribution in [0.3, 0.4) is 0 Å². The van der Waals surface area contributed by atoms with Crippen molar-refractivity contribution in [2.24, 2.45) is 5.73 Å². The van der Waals surface area contributed by atoms with E-state index in [1.807, 2.05) is 6.92 Å². The highest BCUT2D eigenvalue weighted by Gasteiger charge is 2.01. The van der Waals surface area contributed by atoms with Gasteiger partial charge in [-0.1, -0.05) is 0 Å². The number of pyridine rings is 1. The zero-order valence-electron chi connectivity index (χ0n) is 7.53. The van der Waals surface area contributed by atoms with Gasteiger partial charge in [-0.2, -0.15) is 0 Å². The minimum absolute atomic E-state index is 0. The van der Waals surface area contributed by atoms with Gasteiger partial charge in [-0.25, -0.2) is 4.57 Å². The lowest BCUT2D eigenvalue weighted by molar-refractivity contribution is -0.698. The second-order valence-corrected chi connectivity index (χ2v) is 3.05. The molecule has 1 aromatic heterocycles. The van der Waals surface area contributed by atoms with Crippen molar-refractivity contribution in [3.8, 4) is 0 Å². The number of hydrogen-bond acceptors (Lipinski definition) is 1. The van der Waals surface area contributed by atoms with Gasteiger partial charge in [-0.15, -0.1) is 17.0 Å². The molecule has 0 saturated carbocycles. The van der Waals surface area contributed by atoms with Gasteiger partial charge < -0.3 is 5.73 Å². The van der Waals surface area contributed by atoms with E-state index in [2.05, 4.69) is 36.0 Å². The van der Waals surface area contributed by atoms with Gasteiger partial charge in [0.05, 0.1) is 6.04 Å². The fourth-order valence-electron chi connectivity index (χ4n) is 0.986. The number of hydrogen-bond donors (Lipinski definition) is 1. The summed E-state index contributed by atoms with van der Waals surface area (Å²) in [6.07, 6.45) is 4.11. The maximum atomic E-state index is 5.64. The summed E-state index contributed by atoms with van der Waals surface area (Å²) in [5, 5.41) is 0. The third kappa shape index (κ3) is 3.83. The Balaban J connectivity index is 0.00000121. The van der Waals surface area contributed by atoms with Crippen molar-refractivity contribution in [1.82, 2.24) is 0 Å². The molecule has 1 unspecified atom stereocenters. The average molecular weight is 232 g/mol. The van der Waals surface area contributed by atoms with E-state index >= 15 is 0 Å². The van der Waals surface area contributed by atoms with E-state index in [4.69, 9.17) is 5.73 Å². The molecule has 0 amide bonds. The molecule has 0 spiro atoms. The molecule has 2 nitrogen and oxygen atoms in total. The Morgan fingerprint density at radius 3 is 2.33 bits per heavy atom. The first-order chi connectivity index (χ1) is 5.18. The van der Waals surface area contributed by atoms with Gasteiger partial charge in [0.15, 0.2) is 18.9 Å². The van der Waals surface area contributed by atoms with E-state index in [0.29, 0.717) is 0 Å². The van der Waals surface area contributed by atoms with Gasteiger partial charge in [0, 0.05) is 12.1 Å². The first-order valence-corrected chi connectivity index (χ1v) is 3.90. The monoisotopic (exact) mass is 231 g/mol. The first kappa shape index (κ1) is 11.6. The van der Waals surface area contributed by atoms with Crippen molar-refractivity contribution in [3.63, 3.8) is 0 Å². The van der Waals surface area contributed by atoms with Crippen LogP contribution in [0.2, 0.25) is 0 Å². The lowest BCUT2D eigenvalue weighted by Gasteiger charge is -1.99. The molecule has 0 fully saturated rings. The smallest absolute Gasteiger partial charge is 0.169 e. The van der Waals surface area contributed by atoms with Crippen molar-refractivity contribution in [1.29, 1.82) is 0 Å². The molecular weight excluding hydrogens is 216 g/mol. The Morgan fingerprint density at radius 1 is 1.42 bits per heavy atom. The van der Waals surface area contributed by atoms with Crippen molar-refractivity contribution in [2.45, 2.75) is 26.4 Å². The number of nitrogens with zero attached hydrogens (tertiary/aromatic N) is 1. The number of halogens is 1. The molecule has 1 atom stereocenters. The number of nitrogens with two attached hydrogens (primary N) is 1. The molecule has 2 N–H and O–H groups in total. The van der Waals surface area contributed by atoms with Crippen LogP contribution >= 0.6 is 17.0 Å².